The number of fused-ring (bicyclic) bond motifs is 1. The molecule has 3 aromatic carbocycles. The van der Waals surface area contributed by atoms with Crippen molar-refractivity contribution < 1.29 is 13.6 Å². The van der Waals surface area contributed by atoms with Crippen LogP contribution in [-0.4, -0.2) is 10.9 Å². The molecule has 0 saturated carbocycles. The van der Waals surface area contributed by atoms with Crippen LogP contribution in [0.25, 0.3) is 22.6 Å². The molecular formula is C20H10Cl2FIN2O2. The fraction of sp³-hybridized carbons (Fsp3) is 0. The van der Waals surface area contributed by atoms with Crippen molar-refractivity contribution in [2.45, 2.75) is 0 Å². The first-order chi connectivity index (χ1) is 13.4. The molecule has 1 N–H and O–H groups in total. The lowest BCUT2D eigenvalue weighted by atomic mass is 10.2. The van der Waals surface area contributed by atoms with Gasteiger partial charge in [0.1, 0.15) is 11.3 Å². The number of hydrogen-bond donors (Lipinski definition) is 1. The van der Waals surface area contributed by atoms with Crippen molar-refractivity contribution >= 4 is 68.5 Å². The lowest BCUT2D eigenvalue weighted by Gasteiger charge is -2.07. The van der Waals surface area contributed by atoms with Gasteiger partial charge < -0.3 is 9.73 Å². The molecule has 4 aromatic rings. The van der Waals surface area contributed by atoms with Crippen LogP contribution in [0.4, 0.5) is 10.1 Å². The number of nitrogens with one attached hydrogen (secondary N) is 1. The minimum absolute atomic E-state index is 0.204. The molecule has 0 aliphatic rings. The van der Waals surface area contributed by atoms with Crippen LogP contribution in [-0.2, 0) is 0 Å². The summed E-state index contributed by atoms with van der Waals surface area (Å²) in [6, 6.07) is 14.2. The Morgan fingerprint density at radius 1 is 1.07 bits per heavy atom. The molecule has 0 saturated heterocycles. The number of carbonyl (C=O) groups excluding carboxylic acids is 1. The largest absolute Gasteiger partial charge is 0.436 e. The Kier molecular flexibility index (Phi) is 5.27. The fourth-order valence-electron chi connectivity index (χ4n) is 2.65. The summed E-state index contributed by atoms with van der Waals surface area (Å²) in [5, 5.41) is 3.52. The SMILES string of the molecule is O=C(Nc1ccc2oc(-c3ccc(F)cc3Cl)nc2c1)c1cc(Cl)ccc1I. The van der Waals surface area contributed by atoms with Gasteiger partial charge in [0.05, 0.1) is 16.1 Å². The van der Waals surface area contributed by atoms with Gasteiger partial charge in [-0.05, 0) is 77.2 Å². The van der Waals surface area contributed by atoms with Crippen molar-refractivity contribution in [3.05, 3.63) is 79.6 Å². The average Bonchev–Trinajstić information content (AvgIpc) is 3.06. The molecule has 0 aliphatic heterocycles. The Morgan fingerprint density at radius 3 is 2.68 bits per heavy atom. The zero-order chi connectivity index (χ0) is 19.8. The van der Waals surface area contributed by atoms with E-state index < -0.39 is 5.82 Å². The van der Waals surface area contributed by atoms with E-state index in [2.05, 4.69) is 32.9 Å². The molecule has 1 heterocycles. The van der Waals surface area contributed by atoms with Gasteiger partial charge in [-0.25, -0.2) is 9.37 Å². The second-order valence-corrected chi connectivity index (χ2v) is 7.91. The number of anilines is 1. The molecule has 0 fully saturated rings. The normalized spacial score (nSPS) is 11.0. The van der Waals surface area contributed by atoms with E-state index in [4.69, 9.17) is 27.6 Å². The maximum absolute atomic E-state index is 13.3. The van der Waals surface area contributed by atoms with Crippen LogP contribution in [0.3, 0.4) is 0 Å². The lowest BCUT2D eigenvalue weighted by molar-refractivity contribution is 0.102. The summed E-state index contributed by atoms with van der Waals surface area (Å²) in [6.45, 7) is 0. The number of amides is 1. The second kappa shape index (κ2) is 7.69. The van der Waals surface area contributed by atoms with E-state index >= 15 is 0 Å². The van der Waals surface area contributed by atoms with Crippen molar-refractivity contribution in [1.29, 1.82) is 0 Å². The Morgan fingerprint density at radius 2 is 1.89 bits per heavy atom. The third-order valence-corrected chi connectivity index (χ3v) is 5.47. The van der Waals surface area contributed by atoms with E-state index in [1.807, 2.05) is 0 Å². The second-order valence-electron chi connectivity index (χ2n) is 5.90. The number of aromatic nitrogens is 1. The molecule has 1 amide bonds. The number of oxazole rings is 1. The molecule has 0 unspecified atom stereocenters. The summed E-state index contributed by atoms with van der Waals surface area (Å²) < 4.78 is 19.7. The monoisotopic (exact) mass is 526 g/mol. The van der Waals surface area contributed by atoms with Gasteiger partial charge in [-0.3, -0.25) is 4.79 Å². The molecule has 4 rings (SSSR count). The van der Waals surface area contributed by atoms with Gasteiger partial charge in [0.15, 0.2) is 5.58 Å². The number of hydrogen-bond acceptors (Lipinski definition) is 3. The Balaban J connectivity index is 1.65. The van der Waals surface area contributed by atoms with Crippen LogP contribution in [0.5, 0.6) is 0 Å². The van der Waals surface area contributed by atoms with Crippen molar-refractivity contribution in [2.75, 3.05) is 5.32 Å². The molecule has 1 aromatic heterocycles. The number of carbonyl (C=O) groups is 1. The summed E-state index contributed by atoms with van der Waals surface area (Å²) in [5.41, 5.74) is 2.57. The highest BCUT2D eigenvalue weighted by Crippen LogP contribution is 2.31. The highest BCUT2D eigenvalue weighted by molar-refractivity contribution is 14.1. The van der Waals surface area contributed by atoms with Crippen LogP contribution < -0.4 is 5.32 Å². The van der Waals surface area contributed by atoms with Crippen molar-refractivity contribution in [2.24, 2.45) is 0 Å². The van der Waals surface area contributed by atoms with Gasteiger partial charge in [-0.2, -0.15) is 0 Å². The smallest absolute Gasteiger partial charge is 0.256 e. The Labute approximate surface area is 182 Å². The van der Waals surface area contributed by atoms with Gasteiger partial charge in [0.25, 0.3) is 5.91 Å². The first-order valence-electron chi connectivity index (χ1n) is 8.03. The molecule has 0 spiro atoms. The van der Waals surface area contributed by atoms with Crippen LogP contribution >= 0.6 is 45.8 Å². The van der Waals surface area contributed by atoms with Crippen LogP contribution in [0.2, 0.25) is 10.0 Å². The first kappa shape index (κ1) is 19.2. The minimum atomic E-state index is -0.439. The summed E-state index contributed by atoms with van der Waals surface area (Å²) in [6.07, 6.45) is 0. The van der Waals surface area contributed by atoms with E-state index in [0.29, 0.717) is 32.9 Å². The zero-order valence-electron chi connectivity index (χ0n) is 14.0. The van der Waals surface area contributed by atoms with E-state index in [-0.39, 0.29) is 16.8 Å². The predicted molar refractivity (Wildman–Crippen MR) is 117 cm³/mol. The first-order valence-corrected chi connectivity index (χ1v) is 9.86. The van der Waals surface area contributed by atoms with Crippen LogP contribution in [0.1, 0.15) is 10.4 Å². The van der Waals surface area contributed by atoms with Crippen LogP contribution in [0.15, 0.2) is 59.0 Å². The Hall–Kier alpha value is -2.16. The molecule has 4 nitrogen and oxygen atoms in total. The van der Waals surface area contributed by atoms with Crippen molar-refractivity contribution in [3.63, 3.8) is 0 Å². The maximum Gasteiger partial charge on any atom is 0.256 e. The zero-order valence-corrected chi connectivity index (χ0v) is 17.6. The molecule has 8 heteroatoms. The topological polar surface area (TPSA) is 55.1 Å². The third-order valence-electron chi connectivity index (χ3n) is 3.98. The standard InChI is InChI=1S/C20H10Cl2FIN2O2/c21-10-1-5-16(24)14(7-10)19(27)25-12-3-6-18-17(9-12)26-20(28-18)13-4-2-11(23)8-15(13)22/h1-9H,(H,25,27). The van der Waals surface area contributed by atoms with E-state index in [9.17, 15) is 9.18 Å². The number of nitrogens with zero attached hydrogens (tertiary/aromatic N) is 1. The van der Waals surface area contributed by atoms with E-state index in [1.54, 1.807) is 36.4 Å². The molecule has 28 heavy (non-hydrogen) atoms. The lowest BCUT2D eigenvalue weighted by Crippen LogP contribution is -2.13. The Bertz CT molecular complexity index is 1230. The van der Waals surface area contributed by atoms with Crippen molar-refractivity contribution in [3.8, 4) is 11.5 Å². The highest BCUT2D eigenvalue weighted by atomic mass is 127. The summed E-state index contributed by atoms with van der Waals surface area (Å²) in [5.74, 6) is -0.449. The van der Waals surface area contributed by atoms with Gasteiger partial charge in [0, 0.05) is 14.3 Å². The third kappa shape index (κ3) is 3.85. The summed E-state index contributed by atoms with van der Waals surface area (Å²) >= 11 is 14.1. The average molecular weight is 527 g/mol. The molecule has 0 aliphatic carbocycles. The molecule has 0 radical (unpaired) electrons. The highest BCUT2D eigenvalue weighted by Gasteiger charge is 2.15. The predicted octanol–water partition coefficient (Wildman–Crippen LogP) is 6.80. The van der Waals surface area contributed by atoms with Gasteiger partial charge in [0.2, 0.25) is 5.89 Å². The van der Waals surface area contributed by atoms with Crippen molar-refractivity contribution in [1.82, 2.24) is 4.98 Å². The molecule has 0 bridgehead atoms. The van der Waals surface area contributed by atoms with Gasteiger partial charge in [-0.15, -0.1) is 0 Å². The minimum Gasteiger partial charge on any atom is -0.436 e. The number of benzene rings is 3. The molecule has 0 atom stereocenters. The van der Waals surface area contributed by atoms with Gasteiger partial charge in [-0.1, -0.05) is 23.2 Å². The number of rotatable bonds is 3. The molecule has 140 valence electrons. The van der Waals surface area contributed by atoms with E-state index in [1.165, 1.54) is 18.2 Å². The fourth-order valence-corrected chi connectivity index (χ4v) is 3.65. The molecular weight excluding hydrogens is 517 g/mol. The van der Waals surface area contributed by atoms with E-state index in [0.717, 1.165) is 3.57 Å². The summed E-state index contributed by atoms with van der Waals surface area (Å²) in [7, 11) is 0. The van der Waals surface area contributed by atoms with Gasteiger partial charge >= 0.3 is 0 Å². The maximum atomic E-state index is 13.3. The van der Waals surface area contributed by atoms with Crippen LogP contribution in [0, 0.1) is 9.39 Å². The number of halogens is 4. The summed E-state index contributed by atoms with van der Waals surface area (Å²) in [4.78, 5) is 17.0. The quantitative estimate of drug-likeness (QED) is 0.299.